The SMILES string of the molecule is N#Cc1sc(CN)nc1-c1ccc(F)c(Cl)c1. The van der Waals surface area contributed by atoms with Gasteiger partial charge in [0.1, 0.15) is 21.8 Å². The number of thiazole rings is 1. The quantitative estimate of drug-likeness (QED) is 0.910. The Morgan fingerprint density at radius 2 is 2.29 bits per heavy atom. The largest absolute Gasteiger partial charge is 0.325 e. The van der Waals surface area contributed by atoms with E-state index in [1.54, 1.807) is 0 Å². The zero-order valence-electron chi connectivity index (χ0n) is 8.58. The van der Waals surface area contributed by atoms with Crippen molar-refractivity contribution < 1.29 is 4.39 Å². The molecule has 86 valence electrons. The summed E-state index contributed by atoms with van der Waals surface area (Å²) in [5.74, 6) is -0.497. The molecule has 6 heteroatoms. The Balaban J connectivity index is 2.56. The first-order chi connectivity index (χ1) is 8.15. The van der Waals surface area contributed by atoms with Crippen molar-refractivity contribution in [1.29, 1.82) is 5.26 Å². The number of nitriles is 1. The van der Waals surface area contributed by atoms with Crippen LogP contribution in [0, 0.1) is 17.1 Å². The third kappa shape index (κ3) is 2.29. The molecule has 0 aliphatic rings. The molecule has 0 saturated heterocycles. The summed E-state index contributed by atoms with van der Waals surface area (Å²) in [6, 6.07) is 6.29. The highest BCUT2D eigenvalue weighted by Crippen LogP contribution is 2.30. The van der Waals surface area contributed by atoms with Gasteiger partial charge in [-0.05, 0) is 18.2 Å². The van der Waals surface area contributed by atoms with Crippen LogP contribution in [0.15, 0.2) is 18.2 Å². The average molecular weight is 268 g/mol. The van der Waals surface area contributed by atoms with Crippen molar-refractivity contribution in [3.8, 4) is 17.3 Å². The predicted octanol–water partition coefficient (Wildman–Crippen LogP) is 2.93. The highest BCUT2D eigenvalue weighted by atomic mass is 35.5. The van der Waals surface area contributed by atoms with E-state index < -0.39 is 5.82 Å². The Bertz CT molecular complexity index is 603. The van der Waals surface area contributed by atoms with Gasteiger partial charge in [-0.15, -0.1) is 11.3 Å². The molecule has 0 aliphatic heterocycles. The number of benzene rings is 1. The summed E-state index contributed by atoms with van der Waals surface area (Å²) in [4.78, 5) is 4.68. The van der Waals surface area contributed by atoms with E-state index >= 15 is 0 Å². The normalized spacial score (nSPS) is 10.2. The smallest absolute Gasteiger partial charge is 0.141 e. The van der Waals surface area contributed by atoms with Gasteiger partial charge in [0.2, 0.25) is 0 Å². The minimum atomic E-state index is -0.497. The lowest BCUT2D eigenvalue weighted by molar-refractivity contribution is 0.628. The van der Waals surface area contributed by atoms with E-state index in [1.165, 1.54) is 29.5 Å². The maximum Gasteiger partial charge on any atom is 0.141 e. The molecule has 1 heterocycles. The fourth-order valence-corrected chi connectivity index (χ4v) is 2.31. The first kappa shape index (κ1) is 12.0. The molecule has 2 aromatic rings. The second-order valence-electron chi connectivity index (χ2n) is 3.23. The van der Waals surface area contributed by atoms with Crippen molar-refractivity contribution in [3.05, 3.63) is 38.9 Å². The molecule has 0 bridgehead atoms. The Hall–Kier alpha value is -1.48. The molecule has 0 atom stereocenters. The van der Waals surface area contributed by atoms with Gasteiger partial charge in [-0.2, -0.15) is 5.26 Å². The van der Waals surface area contributed by atoms with E-state index in [0.717, 1.165) is 0 Å². The third-order valence-electron chi connectivity index (χ3n) is 2.14. The van der Waals surface area contributed by atoms with E-state index in [4.69, 9.17) is 22.6 Å². The zero-order valence-corrected chi connectivity index (χ0v) is 10.1. The standard InChI is InChI=1S/C11H7ClFN3S/c12-7-3-6(1-2-8(7)13)11-9(4-14)17-10(5-15)16-11/h1-3H,5,15H2. The number of aromatic nitrogens is 1. The fraction of sp³-hybridized carbons (Fsp3) is 0.0909. The Morgan fingerprint density at radius 1 is 1.53 bits per heavy atom. The number of halogens is 2. The van der Waals surface area contributed by atoms with E-state index in [0.29, 0.717) is 21.1 Å². The van der Waals surface area contributed by atoms with E-state index in [2.05, 4.69) is 4.98 Å². The molecule has 0 unspecified atom stereocenters. The van der Waals surface area contributed by atoms with Crippen LogP contribution in [0.1, 0.15) is 9.88 Å². The van der Waals surface area contributed by atoms with Crippen molar-refractivity contribution in [2.45, 2.75) is 6.54 Å². The summed E-state index contributed by atoms with van der Waals surface area (Å²) in [5, 5.41) is 9.66. The van der Waals surface area contributed by atoms with Crippen molar-refractivity contribution in [2.24, 2.45) is 5.73 Å². The second kappa shape index (κ2) is 4.80. The maximum absolute atomic E-state index is 13.0. The van der Waals surface area contributed by atoms with Gasteiger partial charge in [-0.1, -0.05) is 11.6 Å². The molecular weight excluding hydrogens is 261 g/mol. The van der Waals surface area contributed by atoms with Crippen LogP contribution in [0.2, 0.25) is 5.02 Å². The number of nitrogens with zero attached hydrogens (tertiary/aromatic N) is 2. The summed E-state index contributed by atoms with van der Waals surface area (Å²) in [6.07, 6.45) is 0. The van der Waals surface area contributed by atoms with Crippen LogP contribution in [0.25, 0.3) is 11.3 Å². The number of hydrogen-bond acceptors (Lipinski definition) is 4. The van der Waals surface area contributed by atoms with Crippen LogP contribution in [0.5, 0.6) is 0 Å². The number of nitrogens with two attached hydrogens (primary N) is 1. The van der Waals surface area contributed by atoms with Gasteiger partial charge >= 0.3 is 0 Å². The molecule has 1 aromatic heterocycles. The van der Waals surface area contributed by atoms with Crippen LogP contribution >= 0.6 is 22.9 Å². The molecule has 0 aliphatic carbocycles. The molecule has 2 rings (SSSR count). The maximum atomic E-state index is 13.0. The average Bonchev–Trinajstić information content (AvgIpc) is 2.76. The first-order valence-corrected chi connectivity index (χ1v) is 5.90. The summed E-state index contributed by atoms with van der Waals surface area (Å²) in [6.45, 7) is 0.272. The minimum Gasteiger partial charge on any atom is -0.325 e. The molecule has 1 aromatic carbocycles. The molecule has 0 saturated carbocycles. The highest BCUT2D eigenvalue weighted by molar-refractivity contribution is 7.12. The molecule has 0 radical (unpaired) electrons. The van der Waals surface area contributed by atoms with Gasteiger partial charge in [0.25, 0.3) is 0 Å². The molecular formula is C11H7ClFN3S. The van der Waals surface area contributed by atoms with E-state index in [1.807, 2.05) is 6.07 Å². The van der Waals surface area contributed by atoms with Gasteiger partial charge in [0.15, 0.2) is 0 Å². The Kier molecular flexibility index (Phi) is 3.38. The van der Waals surface area contributed by atoms with Crippen LogP contribution < -0.4 is 5.73 Å². The molecule has 3 nitrogen and oxygen atoms in total. The van der Waals surface area contributed by atoms with E-state index in [9.17, 15) is 4.39 Å². The third-order valence-corrected chi connectivity index (χ3v) is 3.41. The lowest BCUT2D eigenvalue weighted by Crippen LogP contribution is -1.94. The number of rotatable bonds is 2. The molecule has 0 amide bonds. The Morgan fingerprint density at radius 3 is 2.88 bits per heavy atom. The molecule has 17 heavy (non-hydrogen) atoms. The summed E-state index contributed by atoms with van der Waals surface area (Å²) in [5.41, 5.74) is 6.59. The minimum absolute atomic E-state index is 0.00804. The van der Waals surface area contributed by atoms with Crippen molar-refractivity contribution in [3.63, 3.8) is 0 Å². The van der Waals surface area contributed by atoms with E-state index in [-0.39, 0.29) is 11.6 Å². The van der Waals surface area contributed by atoms with Crippen molar-refractivity contribution >= 4 is 22.9 Å². The van der Waals surface area contributed by atoms with Gasteiger partial charge in [0.05, 0.1) is 10.7 Å². The van der Waals surface area contributed by atoms with Crippen molar-refractivity contribution in [1.82, 2.24) is 4.98 Å². The van der Waals surface area contributed by atoms with Crippen LogP contribution in [-0.2, 0) is 6.54 Å². The van der Waals surface area contributed by atoms with Gasteiger partial charge in [-0.25, -0.2) is 9.37 Å². The van der Waals surface area contributed by atoms with Gasteiger partial charge in [-0.3, -0.25) is 0 Å². The Labute approximate surface area is 106 Å². The molecule has 0 spiro atoms. The van der Waals surface area contributed by atoms with Crippen molar-refractivity contribution in [2.75, 3.05) is 0 Å². The fourth-order valence-electron chi connectivity index (χ4n) is 1.37. The predicted molar refractivity (Wildman–Crippen MR) is 65.1 cm³/mol. The highest BCUT2D eigenvalue weighted by Gasteiger charge is 2.13. The molecule has 2 N–H and O–H groups in total. The van der Waals surface area contributed by atoms with Crippen LogP contribution in [0.3, 0.4) is 0 Å². The van der Waals surface area contributed by atoms with Crippen LogP contribution in [0.4, 0.5) is 4.39 Å². The topological polar surface area (TPSA) is 62.7 Å². The number of hydrogen-bond donors (Lipinski definition) is 1. The molecule has 0 fully saturated rings. The second-order valence-corrected chi connectivity index (χ2v) is 4.72. The lowest BCUT2D eigenvalue weighted by atomic mass is 10.1. The zero-order chi connectivity index (χ0) is 12.4. The summed E-state index contributed by atoms with van der Waals surface area (Å²) in [7, 11) is 0. The summed E-state index contributed by atoms with van der Waals surface area (Å²) < 4.78 is 13.0. The summed E-state index contributed by atoms with van der Waals surface area (Å²) >= 11 is 6.92. The van der Waals surface area contributed by atoms with Gasteiger partial charge in [0, 0.05) is 12.1 Å². The first-order valence-electron chi connectivity index (χ1n) is 4.71. The van der Waals surface area contributed by atoms with Gasteiger partial charge < -0.3 is 5.73 Å². The van der Waals surface area contributed by atoms with Crippen LogP contribution in [-0.4, -0.2) is 4.98 Å². The monoisotopic (exact) mass is 267 g/mol. The lowest BCUT2D eigenvalue weighted by Gasteiger charge is -1.99.